The van der Waals surface area contributed by atoms with E-state index in [9.17, 15) is 5.26 Å². The number of aromatic nitrogens is 3. The van der Waals surface area contributed by atoms with E-state index in [-0.39, 0.29) is 0 Å². The van der Waals surface area contributed by atoms with Gasteiger partial charge in [-0.2, -0.15) is 5.26 Å². The van der Waals surface area contributed by atoms with E-state index in [2.05, 4.69) is 146 Å². The average Bonchev–Trinajstić information content (AvgIpc) is 3.65. The van der Waals surface area contributed by atoms with Crippen molar-refractivity contribution in [1.82, 2.24) is 15.0 Å². The van der Waals surface area contributed by atoms with Gasteiger partial charge in [-0.25, -0.2) is 15.0 Å². The molecule has 4 heteroatoms. The van der Waals surface area contributed by atoms with Crippen molar-refractivity contribution in [3.63, 3.8) is 0 Å². The van der Waals surface area contributed by atoms with Crippen molar-refractivity contribution < 1.29 is 0 Å². The fourth-order valence-corrected chi connectivity index (χ4v) is 9.33. The fraction of sp³-hybridized carbons (Fsp3) is 0. The van der Waals surface area contributed by atoms with Gasteiger partial charge < -0.3 is 0 Å². The summed E-state index contributed by atoms with van der Waals surface area (Å²) in [7, 11) is 0. The van der Waals surface area contributed by atoms with E-state index in [0.717, 1.165) is 71.3 Å². The lowest BCUT2D eigenvalue weighted by Crippen LogP contribution is -2.01. The third kappa shape index (κ3) is 5.27. The van der Waals surface area contributed by atoms with Gasteiger partial charge in [0.15, 0.2) is 17.5 Å². The second-order valence-electron chi connectivity index (χ2n) is 15.4. The maximum absolute atomic E-state index is 9.76. The Kier molecular flexibility index (Phi) is 7.57. The summed E-state index contributed by atoms with van der Waals surface area (Å²) in [6, 6.07) is 70.6. The topological polar surface area (TPSA) is 62.5 Å². The van der Waals surface area contributed by atoms with Crippen LogP contribution in [0.25, 0.3) is 122 Å². The highest BCUT2D eigenvalue weighted by Crippen LogP contribution is 2.53. The summed E-state index contributed by atoms with van der Waals surface area (Å²) in [6.07, 6.45) is 0. The Morgan fingerprint density at radius 1 is 0.317 bits per heavy atom. The van der Waals surface area contributed by atoms with Crippen LogP contribution in [0.15, 0.2) is 194 Å². The standard InChI is InChI=1S/C56H32N4/c57-33-34-22-23-35-24-25-39(31-40(35)30-34)42-26-27-47-43-18-9-10-19-44(43)48-28-29-49(51(42)52(47)48)45-20-11-21-46-50(45)32-38-16-7-8-17-41(38)53(46)56-59-54(36-12-3-1-4-13-36)58-55(60-56)37-14-5-2-6-15-37/h1-32H. The summed E-state index contributed by atoms with van der Waals surface area (Å²) in [6.45, 7) is 0. The Labute approximate surface area is 346 Å². The van der Waals surface area contributed by atoms with Crippen molar-refractivity contribution in [3.8, 4) is 84.7 Å². The van der Waals surface area contributed by atoms with Crippen LogP contribution in [-0.4, -0.2) is 15.0 Å². The highest BCUT2D eigenvalue weighted by atomic mass is 15.0. The van der Waals surface area contributed by atoms with Crippen molar-refractivity contribution in [2.45, 2.75) is 0 Å². The number of nitrogens with zero attached hydrogens (tertiary/aromatic N) is 4. The molecule has 11 aromatic rings. The Balaban J connectivity index is 1.16. The molecule has 1 heterocycles. The first-order valence-electron chi connectivity index (χ1n) is 20.2. The first kappa shape index (κ1) is 33.8. The molecule has 1 aromatic heterocycles. The minimum absolute atomic E-state index is 0.630. The SMILES string of the molecule is N#Cc1ccc2ccc(-c3ccc4c5c(ccc(-c6cccc7c(-c8nc(-c9ccccc9)nc(-c9ccccc9)n8)c8ccccc8cc67)c35)-c3ccccc3-4)cc2c1. The maximum Gasteiger partial charge on any atom is 0.165 e. The zero-order valence-electron chi connectivity index (χ0n) is 32.3. The summed E-state index contributed by atoms with van der Waals surface area (Å²) >= 11 is 0. The molecule has 0 radical (unpaired) electrons. The summed E-state index contributed by atoms with van der Waals surface area (Å²) in [4.78, 5) is 15.5. The van der Waals surface area contributed by atoms with Gasteiger partial charge in [0.05, 0.1) is 11.6 Å². The van der Waals surface area contributed by atoms with Crippen molar-refractivity contribution in [1.29, 1.82) is 5.26 Å². The van der Waals surface area contributed by atoms with Crippen LogP contribution < -0.4 is 0 Å². The molecule has 0 unspecified atom stereocenters. The van der Waals surface area contributed by atoms with Crippen molar-refractivity contribution in [2.75, 3.05) is 0 Å². The predicted octanol–water partition coefficient (Wildman–Crippen LogP) is 14.3. The minimum Gasteiger partial charge on any atom is -0.208 e. The average molecular weight is 761 g/mol. The van der Waals surface area contributed by atoms with Crippen LogP contribution in [0.2, 0.25) is 0 Å². The highest BCUT2D eigenvalue weighted by molar-refractivity contribution is 6.25. The number of hydrogen-bond acceptors (Lipinski definition) is 4. The largest absolute Gasteiger partial charge is 0.208 e. The van der Waals surface area contributed by atoms with E-state index in [1.807, 2.05) is 54.6 Å². The Morgan fingerprint density at radius 3 is 1.57 bits per heavy atom. The molecule has 0 fully saturated rings. The molecule has 0 atom stereocenters. The van der Waals surface area contributed by atoms with E-state index >= 15 is 0 Å². The number of rotatable bonds is 5. The predicted molar refractivity (Wildman–Crippen MR) is 246 cm³/mol. The normalized spacial score (nSPS) is 11.7. The molecule has 276 valence electrons. The van der Waals surface area contributed by atoms with Crippen LogP contribution >= 0.6 is 0 Å². The zero-order valence-corrected chi connectivity index (χ0v) is 32.3. The summed E-state index contributed by atoms with van der Waals surface area (Å²) in [5.41, 5.74) is 13.0. The molecule has 1 aliphatic rings. The van der Waals surface area contributed by atoms with Gasteiger partial charge in [0.2, 0.25) is 0 Å². The summed E-state index contributed by atoms with van der Waals surface area (Å²) < 4.78 is 0. The number of nitriles is 1. The molecule has 0 bridgehead atoms. The molecular formula is C56H32N4. The van der Waals surface area contributed by atoms with E-state index in [1.165, 1.54) is 33.0 Å². The van der Waals surface area contributed by atoms with Crippen molar-refractivity contribution in [3.05, 3.63) is 200 Å². The second kappa shape index (κ2) is 13.4. The van der Waals surface area contributed by atoms with E-state index in [0.29, 0.717) is 23.0 Å². The molecule has 1 aliphatic carbocycles. The molecule has 10 aromatic carbocycles. The van der Waals surface area contributed by atoms with Gasteiger partial charge in [0.25, 0.3) is 0 Å². The van der Waals surface area contributed by atoms with Crippen molar-refractivity contribution >= 4 is 43.1 Å². The second-order valence-corrected chi connectivity index (χ2v) is 15.4. The summed E-state index contributed by atoms with van der Waals surface area (Å²) in [5, 5.41) is 18.7. The van der Waals surface area contributed by atoms with Crippen molar-refractivity contribution in [2.24, 2.45) is 0 Å². The molecule has 0 amide bonds. The number of hydrogen-bond donors (Lipinski definition) is 0. The van der Waals surface area contributed by atoms with Gasteiger partial charge in [-0.1, -0.05) is 170 Å². The zero-order chi connectivity index (χ0) is 39.7. The molecule has 60 heavy (non-hydrogen) atoms. The van der Waals surface area contributed by atoms with Gasteiger partial charge in [-0.05, 0) is 112 Å². The molecule has 0 spiro atoms. The molecule has 4 nitrogen and oxygen atoms in total. The highest BCUT2D eigenvalue weighted by Gasteiger charge is 2.26. The van der Waals surface area contributed by atoms with E-state index in [4.69, 9.17) is 15.0 Å². The third-order valence-electron chi connectivity index (χ3n) is 12.1. The van der Waals surface area contributed by atoms with Gasteiger partial charge in [-0.15, -0.1) is 0 Å². The third-order valence-corrected chi connectivity index (χ3v) is 12.1. The Hall–Kier alpha value is -8.26. The lowest BCUT2D eigenvalue weighted by molar-refractivity contribution is 1.08. The van der Waals surface area contributed by atoms with Crippen LogP contribution in [0, 0.1) is 11.3 Å². The fourth-order valence-electron chi connectivity index (χ4n) is 9.33. The molecule has 0 saturated heterocycles. The smallest absolute Gasteiger partial charge is 0.165 e. The minimum atomic E-state index is 0.630. The van der Waals surface area contributed by atoms with Crippen LogP contribution in [0.1, 0.15) is 5.56 Å². The Morgan fingerprint density at radius 2 is 0.867 bits per heavy atom. The molecule has 12 rings (SSSR count). The van der Waals surface area contributed by atoms with Crippen LogP contribution in [0.4, 0.5) is 0 Å². The Bertz CT molecular complexity index is 3520. The molecule has 0 aliphatic heterocycles. The van der Waals surface area contributed by atoms with Crippen LogP contribution in [0.3, 0.4) is 0 Å². The monoisotopic (exact) mass is 760 g/mol. The van der Waals surface area contributed by atoms with Gasteiger partial charge in [0.1, 0.15) is 0 Å². The van der Waals surface area contributed by atoms with E-state index < -0.39 is 0 Å². The lowest BCUT2D eigenvalue weighted by Gasteiger charge is -2.18. The van der Waals surface area contributed by atoms with Crippen LogP contribution in [-0.2, 0) is 0 Å². The first-order valence-corrected chi connectivity index (χ1v) is 20.2. The van der Waals surface area contributed by atoms with Gasteiger partial charge >= 0.3 is 0 Å². The first-order chi connectivity index (χ1) is 29.7. The number of benzene rings is 10. The lowest BCUT2D eigenvalue weighted by atomic mass is 9.85. The van der Waals surface area contributed by atoms with Gasteiger partial charge in [0, 0.05) is 16.7 Å². The van der Waals surface area contributed by atoms with Crippen LogP contribution in [0.5, 0.6) is 0 Å². The molecule has 0 saturated carbocycles. The quantitative estimate of drug-likeness (QED) is 0.164. The number of fused-ring (bicyclic) bond motifs is 6. The maximum atomic E-state index is 9.76. The van der Waals surface area contributed by atoms with Gasteiger partial charge in [-0.3, -0.25) is 0 Å². The van der Waals surface area contributed by atoms with E-state index in [1.54, 1.807) is 0 Å². The summed E-state index contributed by atoms with van der Waals surface area (Å²) in [5.74, 6) is 1.89. The molecular weight excluding hydrogens is 729 g/mol. The molecule has 0 N–H and O–H groups in total.